The molecule has 1 unspecified atom stereocenters. The maximum absolute atomic E-state index is 13.0. The van der Waals surface area contributed by atoms with Gasteiger partial charge in [-0.3, -0.25) is 14.5 Å². The number of benzene rings is 2. The molecule has 28 heavy (non-hydrogen) atoms. The maximum atomic E-state index is 13.0. The van der Waals surface area contributed by atoms with Crippen molar-refractivity contribution >= 4 is 23.1 Å². The van der Waals surface area contributed by atoms with E-state index in [1.807, 2.05) is 24.3 Å². The van der Waals surface area contributed by atoms with Crippen LogP contribution in [0.3, 0.4) is 0 Å². The Hall–Kier alpha value is -2.99. The molecule has 1 aliphatic rings. The molecule has 1 atom stereocenters. The van der Waals surface area contributed by atoms with E-state index < -0.39 is 0 Å². The Morgan fingerprint density at radius 1 is 1.25 bits per heavy atom. The summed E-state index contributed by atoms with van der Waals surface area (Å²) in [7, 11) is 0. The lowest BCUT2D eigenvalue weighted by Gasteiger charge is -2.22. The predicted octanol–water partition coefficient (Wildman–Crippen LogP) is 3.32. The first-order chi connectivity index (χ1) is 13.4. The molecule has 5 nitrogen and oxygen atoms in total. The Labute approximate surface area is 164 Å². The number of carbonyl (C=O) groups excluding carboxylic acids is 2. The summed E-state index contributed by atoms with van der Waals surface area (Å²) in [4.78, 5) is 25.9. The average Bonchev–Trinajstić information content (AvgIpc) is 3.10. The highest BCUT2D eigenvalue weighted by Crippen LogP contribution is 2.21. The van der Waals surface area contributed by atoms with Crippen molar-refractivity contribution in [1.29, 1.82) is 0 Å². The number of likely N-dealkylation sites (tertiary alicyclic amines) is 1. The molecule has 0 aliphatic carbocycles. The summed E-state index contributed by atoms with van der Waals surface area (Å²) in [6, 6.07) is 13.3. The van der Waals surface area contributed by atoms with Crippen molar-refractivity contribution < 1.29 is 14.0 Å². The Bertz CT molecular complexity index is 893. The van der Waals surface area contributed by atoms with E-state index in [1.165, 1.54) is 18.2 Å². The smallest absolute Gasteiger partial charge is 0.248 e. The van der Waals surface area contributed by atoms with Crippen LogP contribution in [0.15, 0.2) is 54.6 Å². The number of rotatable bonds is 6. The molecule has 6 heteroatoms. The summed E-state index contributed by atoms with van der Waals surface area (Å²) in [5.74, 6) is -0.854. The molecule has 2 aromatic rings. The number of nitrogens with one attached hydrogen (secondary N) is 1. The van der Waals surface area contributed by atoms with Crippen LogP contribution >= 0.6 is 0 Å². The molecule has 146 valence electrons. The molecule has 1 aliphatic heterocycles. The second-order valence-electron chi connectivity index (χ2n) is 7.05. The van der Waals surface area contributed by atoms with Gasteiger partial charge < -0.3 is 11.1 Å². The van der Waals surface area contributed by atoms with E-state index in [0.29, 0.717) is 12.2 Å². The number of amides is 2. The molecule has 3 N–H and O–H groups in total. The van der Waals surface area contributed by atoms with E-state index in [2.05, 4.69) is 10.2 Å². The van der Waals surface area contributed by atoms with Crippen LogP contribution in [0, 0.1) is 5.82 Å². The van der Waals surface area contributed by atoms with Gasteiger partial charge in [-0.15, -0.1) is 0 Å². The van der Waals surface area contributed by atoms with E-state index in [-0.39, 0.29) is 23.7 Å². The second-order valence-corrected chi connectivity index (χ2v) is 7.05. The number of hydrogen-bond acceptors (Lipinski definition) is 3. The first kappa shape index (κ1) is 19.8. The first-order valence-electron chi connectivity index (χ1n) is 9.30. The van der Waals surface area contributed by atoms with Gasteiger partial charge in [-0.05, 0) is 67.3 Å². The van der Waals surface area contributed by atoms with Gasteiger partial charge in [-0.2, -0.15) is 0 Å². The number of hydrogen-bond donors (Lipinski definition) is 2. The van der Waals surface area contributed by atoms with Crippen LogP contribution in [-0.2, 0) is 16.1 Å². The molecule has 3 rings (SSSR count). The minimum absolute atomic E-state index is 0.223. The lowest BCUT2D eigenvalue weighted by molar-refractivity contribution is -0.122. The van der Waals surface area contributed by atoms with Gasteiger partial charge in [0.15, 0.2) is 0 Å². The number of nitrogens with two attached hydrogens (primary N) is 1. The Morgan fingerprint density at radius 2 is 2.00 bits per heavy atom. The van der Waals surface area contributed by atoms with E-state index in [4.69, 9.17) is 5.73 Å². The Balaban J connectivity index is 1.65. The van der Waals surface area contributed by atoms with Crippen LogP contribution in [0.2, 0.25) is 0 Å². The summed E-state index contributed by atoms with van der Waals surface area (Å²) in [5, 5.41) is 2.85. The molecule has 2 amide bonds. The van der Waals surface area contributed by atoms with E-state index >= 15 is 0 Å². The fourth-order valence-electron chi connectivity index (χ4n) is 3.49. The summed E-state index contributed by atoms with van der Waals surface area (Å²) < 4.78 is 13.0. The molecule has 0 bridgehead atoms. The molecule has 0 saturated carbocycles. The van der Waals surface area contributed by atoms with Crippen molar-refractivity contribution in [3.63, 3.8) is 0 Å². The third-order valence-corrected chi connectivity index (χ3v) is 4.92. The Morgan fingerprint density at radius 3 is 2.71 bits per heavy atom. The molecule has 1 saturated heterocycles. The van der Waals surface area contributed by atoms with Gasteiger partial charge in [0, 0.05) is 18.3 Å². The van der Waals surface area contributed by atoms with Crippen molar-refractivity contribution in [2.45, 2.75) is 32.4 Å². The van der Waals surface area contributed by atoms with Gasteiger partial charge in [0.2, 0.25) is 11.8 Å². The summed E-state index contributed by atoms with van der Waals surface area (Å²) in [6.07, 6.45) is 3.24. The molecule has 2 aromatic carbocycles. The number of nitrogens with zero attached hydrogens (tertiary/aromatic N) is 1. The highest BCUT2D eigenvalue weighted by atomic mass is 19.1. The largest absolute Gasteiger partial charge is 0.368 e. The van der Waals surface area contributed by atoms with Gasteiger partial charge in [0.1, 0.15) is 5.82 Å². The van der Waals surface area contributed by atoms with Gasteiger partial charge in [-0.1, -0.05) is 24.3 Å². The fourth-order valence-corrected chi connectivity index (χ4v) is 3.49. The SMILES string of the molecule is C/C(=C/C(=O)Nc1cccc(CN2CCCC2C(N)=O)c1)c1ccc(F)cc1. The van der Waals surface area contributed by atoms with Crippen molar-refractivity contribution in [1.82, 2.24) is 4.90 Å². The summed E-state index contributed by atoms with van der Waals surface area (Å²) >= 11 is 0. The van der Waals surface area contributed by atoms with Gasteiger partial charge in [0.05, 0.1) is 6.04 Å². The van der Waals surface area contributed by atoms with Crippen molar-refractivity contribution in [2.24, 2.45) is 5.73 Å². The number of carbonyl (C=O) groups is 2. The second kappa shape index (κ2) is 8.80. The van der Waals surface area contributed by atoms with Crippen LogP contribution < -0.4 is 11.1 Å². The molecule has 1 heterocycles. The van der Waals surface area contributed by atoms with Gasteiger partial charge >= 0.3 is 0 Å². The van der Waals surface area contributed by atoms with E-state index in [9.17, 15) is 14.0 Å². The summed E-state index contributed by atoms with van der Waals surface area (Å²) in [5.41, 5.74) is 8.70. The number of allylic oxidation sites excluding steroid dienone is 1. The van der Waals surface area contributed by atoms with Crippen LogP contribution in [0.4, 0.5) is 10.1 Å². The van der Waals surface area contributed by atoms with Crippen LogP contribution in [0.1, 0.15) is 30.9 Å². The molecular weight excluding hydrogens is 357 g/mol. The monoisotopic (exact) mass is 381 g/mol. The molecular formula is C22H24FN3O2. The van der Waals surface area contributed by atoms with Crippen LogP contribution in [-0.4, -0.2) is 29.3 Å². The third-order valence-electron chi connectivity index (χ3n) is 4.92. The highest BCUT2D eigenvalue weighted by Gasteiger charge is 2.28. The van der Waals surface area contributed by atoms with Crippen molar-refractivity contribution in [3.05, 3.63) is 71.6 Å². The zero-order valence-electron chi connectivity index (χ0n) is 15.8. The average molecular weight is 381 g/mol. The standard InChI is InChI=1S/C22H24FN3O2/c1-15(17-7-9-18(23)10-8-17)12-21(27)25-19-5-2-4-16(13-19)14-26-11-3-6-20(26)22(24)28/h2,4-5,7-10,12-13,20H,3,6,11,14H2,1H3,(H2,24,28)(H,25,27)/b15-12-. The zero-order chi connectivity index (χ0) is 20.1. The quantitative estimate of drug-likeness (QED) is 0.754. The lowest BCUT2D eigenvalue weighted by Crippen LogP contribution is -2.39. The van der Waals surface area contributed by atoms with E-state index in [0.717, 1.165) is 36.1 Å². The van der Waals surface area contributed by atoms with Crippen molar-refractivity contribution in [3.8, 4) is 0 Å². The van der Waals surface area contributed by atoms with Crippen LogP contribution in [0.5, 0.6) is 0 Å². The first-order valence-corrected chi connectivity index (χ1v) is 9.30. The normalized spacial score (nSPS) is 17.5. The molecule has 1 fully saturated rings. The topological polar surface area (TPSA) is 75.4 Å². The van der Waals surface area contributed by atoms with E-state index in [1.54, 1.807) is 19.1 Å². The lowest BCUT2D eigenvalue weighted by atomic mass is 10.1. The number of anilines is 1. The van der Waals surface area contributed by atoms with Crippen molar-refractivity contribution in [2.75, 3.05) is 11.9 Å². The molecule has 0 spiro atoms. The molecule has 0 radical (unpaired) electrons. The minimum Gasteiger partial charge on any atom is -0.368 e. The highest BCUT2D eigenvalue weighted by molar-refractivity contribution is 6.03. The minimum atomic E-state index is -0.311. The van der Waals surface area contributed by atoms with Crippen LogP contribution in [0.25, 0.3) is 5.57 Å². The van der Waals surface area contributed by atoms with Gasteiger partial charge in [-0.25, -0.2) is 4.39 Å². The number of halogens is 1. The number of primary amides is 1. The zero-order valence-corrected chi connectivity index (χ0v) is 15.8. The maximum Gasteiger partial charge on any atom is 0.248 e. The fraction of sp³-hybridized carbons (Fsp3) is 0.273. The predicted molar refractivity (Wildman–Crippen MR) is 108 cm³/mol. The van der Waals surface area contributed by atoms with Gasteiger partial charge in [0.25, 0.3) is 0 Å². The Kier molecular flexibility index (Phi) is 6.21. The summed E-state index contributed by atoms with van der Waals surface area (Å²) in [6.45, 7) is 3.26. The molecule has 0 aromatic heterocycles. The third kappa shape index (κ3) is 5.04.